The topological polar surface area (TPSA) is 68.5 Å². The van der Waals surface area contributed by atoms with Crippen LogP contribution in [-0.4, -0.2) is 47.8 Å². The van der Waals surface area contributed by atoms with Gasteiger partial charge in [-0.3, -0.25) is 4.79 Å². The van der Waals surface area contributed by atoms with E-state index in [9.17, 15) is 4.79 Å². The van der Waals surface area contributed by atoms with Crippen LogP contribution in [0.3, 0.4) is 0 Å². The molecule has 4 rings (SSSR count). The number of carbonyl (C=O) groups is 1. The van der Waals surface area contributed by atoms with Gasteiger partial charge in [-0.25, -0.2) is 0 Å². The van der Waals surface area contributed by atoms with Crippen LogP contribution in [0.5, 0.6) is 0 Å². The number of aromatic nitrogens is 2. The molecule has 0 saturated carbocycles. The minimum atomic E-state index is -0.0242. The molecule has 2 aromatic heterocycles. The molecule has 2 unspecified atom stereocenters. The van der Waals surface area contributed by atoms with Crippen molar-refractivity contribution in [1.82, 2.24) is 15.1 Å². The summed E-state index contributed by atoms with van der Waals surface area (Å²) >= 11 is 1.46. The van der Waals surface area contributed by atoms with Gasteiger partial charge in [-0.05, 0) is 23.6 Å². The molecule has 1 aromatic carbocycles. The van der Waals surface area contributed by atoms with Crippen molar-refractivity contribution in [3.05, 3.63) is 58.6 Å². The van der Waals surface area contributed by atoms with Crippen LogP contribution in [0.4, 0.5) is 0 Å². The van der Waals surface area contributed by atoms with Crippen LogP contribution < -0.4 is 0 Å². The summed E-state index contributed by atoms with van der Waals surface area (Å²) in [6, 6.07) is 13.4. The predicted octanol–water partition coefficient (Wildman–Crippen LogP) is 3.30. The summed E-state index contributed by atoms with van der Waals surface area (Å²) in [4.78, 5) is 15.3. The maximum absolute atomic E-state index is 12.7. The van der Waals surface area contributed by atoms with E-state index in [0.29, 0.717) is 31.5 Å². The molecule has 0 aliphatic carbocycles. The van der Waals surface area contributed by atoms with E-state index < -0.39 is 0 Å². The second kappa shape index (κ2) is 7.39. The molecule has 6 nitrogen and oxygen atoms in total. The summed E-state index contributed by atoms with van der Waals surface area (Å²) < 4.78 is 11.3. The van der Waals surface area contributed by atoms with Gasteiger partial charge in [0.2, 0.25) is 11.8 Å². The molecule has 26 heavy (non-hydrogen) atoms. The fourth-order valence-electron chi connectivity index (χ4n) is 3.34. The Hall–Kier alpha value is -2.51. The van der Waals surface area contributed by atoms with Gasteiger partial charge in [-0.1, -0.05) is 24.3 Å². The Morgan fingerprint density at radius 2 is 2.08 bits per heavy atom. The molecule has 0 radical (unpaired) electrons. The first-order valence-corrected chi connectivity index (χ1v) is 9.34. The van der Waals surface area contributed by atoms with E-state index in [1.54, 1.807) is 7.11 Å². The highest BCUT2D eigenvalue weighted by atomic mass is 32.1. The predicted molar refractivity (Wildman–Crippen MR) is 98.1 cm³/mol. The van der Waals surface area contributed by atoms with E-state index >= 15 is 0 Å². The lowest BCUT2D eigenvalue weighted by atomic mass is 9.97. The van der Waals surface area contributed by atoms with Crippen molar-refractivity contribution >= 4 is 17.2 Å². The van der Waals surface area contributed by atoms with Gasteiger partial charge in [-0.2, -0.15) is 0 Å². The summed E-state index contributed by atoms with van der Waals surface area (Å²) in [6.45, 7) is 1.72. The second-order valence-corrected chi connectivity index (χ2v) is 7.27. The molecule has 1 aliphatic heterocycles. The van der Waals surface area contributed by atoms with E-state index in [1.807, 2.05) is 52.7 Å². The minimum Gasteiger partial charge on any atom is -0.420 e. The fraction of sp³-hybridized carbons (Fsp3) is 0.316. The fourth-order valence-corrected chi connectivity index (χ4v) is 4.03. The van der Waals surface area contributed by atoms with Gasteiger partial charge in [0.1, 0.15) is 0 Å². The van der Waals surface area contributed by atoms with Crippen LogP contribution in [0, 0.1) is 5.92 Å². The number of ether oxygens (including phenoxy) is 1. The van der Waals surface area contributed by atoms with Gasteiger partial charge in [0.25, 0.3) is 5.91 Å². The first-order chi connectivity index (χ1) is 12.8. The third-order valence-corrected chi connectivity index (χ3v) is 5.48. The quantitative estimate of drug-likeness (QED) is 0.690. The largest absolute Gasteiger partial charge is 0.420 e. The number of rotatable bonds is 5. The van der Waals surface area contributed by atoms with Crippen molar-refractivity contribution < 1.29 is 13.9 Å². The molecular weight excluding hydrogens is 350 g/mol. The van der Waals surface area contributed by atoms with Gasteiger partial charge in [-0.15, -0.1) is 21.5 Å². The van der Waals surface area contributed by atoms with Crippen LogP contribution in [0.1, 0.15) is 21.5 Å². The number of likely N-dealkylation sites (tertiary alicyclic amines) is 1. The molecule has 1 aliphatic rings. The highest BCUT2D eigenvalue weighted by molar-refractivity contribution is 7.12. The van der Waals surface area contributed by atoms with Crippen LogP contribution in [0.25, 0.3) is 11.5 Å². The summed E-state index contributed by atoms with van der Waals surface area (Å²) in [5.74, 6) is 1.22. The molecule has 0 spiro atoms. The summed E-state index contributed by atoms with van der Waals surface area (Å²) in [5.41, 5.74) is 0.888. The molecule has 1 amide bonds. The number of nitrogens with zero attached hydrogens (tertiary/aromatic N) is 3. The summed E-state index contributed by atoms with van der Waals surface area (Å²) in [7, 11) is 1.67. The minimum absolute atomic E-state index is 0.0242. The lowest BCUT2D eigenvalue weighted by Gasteiger charge is -2.14. The smallest absolute Gasteiger partial charge is 0.263 e. The zero-order valence-electron chi connectivity index (χ0n) is 14.4. The first-order valence-electron chi connectivity index (χ1n) is 8.47. The van der Waals surface area contributed by atoms with E-state index in [4.69, 9.17) is 9.15 Å². The van der Waals surface area contributed by atoms with Gasteiger partial charge in [0, 0.05) is 31.7 Å². The monoisotopic (exact) mass is 369 g/mol. The van der Waals surface area contributed by atoms with Gasteiger partial charge in [0.15, 0.2) is 0 Å². The average molecular weight is 369 g/mol. The molecule has 7 heteroatoms. The Morgan fingerprint density at radius 1 is 1.23 bits per heavy atom. The van der Waals surface area contributed by atoms with E-state index in [0.717, 1.165) is 10.4 Å². The van der Waals surface area contributed by atoms with Crippen LogP contribution in [0.15, 0.2) is 52.3 Å². The average Bonchev–Trinajstić information content (AvgIpc) is 3.42. The number of hydrogen-bond acceptors (Lipinski definition) is 6. The third kappa shape index (κ3) is 3.27. The maximum Gasteiger partial charge on any atom is 0.263 e. The Bertz CT molecular complexity index is 863. The van der Waals surface area contributed by atoms with Crippen molar-refractivity contribution in [2.75, 3.05) is 26.8 Å². The molecule has 0 bridgehead atoms. The van der Waals surface area contributed by atoms with E-state index in [-0.39, 0.29) is 17.7 Å². The summed E-state index contributed by atoms with van der Waals surface area (Å²) in [6.07, 6.45) is 0. The SMILES string of the molecule is COCC1CN(C(=O)c2cccs2)CC1c1nnc(-c2ccccc2)o1. The van der Waals surface area contributed by atoms with Crippen molar-refractivity contribution in [2.45, 2.75) is 5.92 Å². The second-order valence-electron chi connectivity index (χ2n) is 6.32. The number of methoxy groups -OCH3 is 1. The number of benzene rings is 1. The van der Waals surface area contributed by atoms with Crippen molar-refractivity contribution in [1.29, 1.82) is 0 Å². The van der Waals surface area contributed by atoms with Crippen LogP contribution >= 0.6 is 11.3 Å². The standard InChI is InChI=1S/C19H19N3O3S/c1-24-12-14-10-22(19(23)16-8-5-9-26-16)11-15(14)18-21-20-17(25-18)13-6-3-2-4-7-13/h2-9,14-15H,10-12H2,1H3. The van der Waals surface area contributed by atoms with Gasteiger partial charge < -0.3 is 14.1 Å². The normalized spacial score (nSPS) is 19.8. The van der Waals surface area contributed by atoms with E-state index in [1.165, 1.54) is 11.3 Å². The number of hydrogen-bond donors (Lipinski definition) is 0. The highest BCUT2D eigenvalue weighted by Crippen LogP contribution is 2.34. The lowest BCUT2D eigenvalue weighted by molar-refractivity contribution is 0.0780. The molecule has 3 aromatic rings. The number of thiophene rings is 1. The Kier molecular flexibility index (Phi) is 4.81. The highest BCUT2D eigenvalue weighted by Gasteiger charge is 2.39. The molecular formula is C19H19N3O3S. The molecule has 134 valence electrons. The molecule has 0 N–H and O–H groups in total. The lowest BCUT2D eigenvalue weighted by Crippen LogP contribution is -2.28. The molecule has 1 fully saturated rings. The molecule has 1 saturated heterocycles. The number of amides is 1. The Balaban J connectivity index is 1.56. The van der Waals surface area contributed by atoms with Crippen molar-refractivity contribution in [3.8, 4) is 11.5 Å². The first kappa shape index (κ1) is 16.9. The molecule has 2 atom stereocenters. The summed E-state index contributed by atoms with van der Waals surface area (Å²) in [5, 5.41) is 10.4. The van der Waals surface area contributed by atoms with Crippen molar-refractivity contribution in [2.24, 2.45) is 5.92 Å². The zero-order chi connectivity index (χ0) is 17.9. The van der Waals surface area contributed by atoms with E-state index in [2.05, 4.69) is 10.2 Å². The third-order valence-electron chi connectivity index (χ3n) is 4.62. The van der Waals surface area contributed by atoms with Crippen LogP contribution in [0.2, 0.25) is 0 Å². The van der Waals surface area contributed by atoms with Gasteiger partial charge in [0.05, 0.1) is 17.4 Å². The van der Waals surface area contributed by atoms with Crippen LogP contribution in [-0.2, 0) is 4.74 Å². The van der Waals surface area contributed by atoms with Gasteiger partial charge >= 0.3 is 0 Å². The van der Waals surface area contributed by atoms with Crippen molar-refractivity contribution in [3.63, 3.8) is 0 Å². The Morgan fingerprint density at radius 3 is 2.81 bits per heavy atom. The zero-order valence-corrected chi connectivity index (χ0v) is 15.2. The Labute approximate surface area is 155 Å². The number of carbonyl (C=O) groups excluding carboxylic acids is 1. The maximum atomic E-state index is 12.7. The molecule has 3 heterocycles.